The van der Waals surface area contributed by atoms with Crippen molar-refractivity contribution in [2.45, 2.75) is 20.0 Å². The Kier molecular flexibility index (Phi) is 4.71. The molecule has 2 heterocycles. The Morgan fingerprint density at radius 2 is 1.91 bits per heavy atom. The molecule has 1 aliphatic rings. The highest BCUT2D eigenvalue weighted by Crippen LogP contribution is 2.13. The maximum Gasteiger partial charge on any atom is 0.272 e. The first-order valence-electron chi connectivity index (χ1n) is 7.96. The van der Waals surface area contributed by atoms with Crippen LogP contribution >= 0.6 is 0 Å². The van der Waals surface area contributed by atoms with Gasteiger partial charge >= 0.3 is 0 Å². The van der Waals surface area contributed by atoms with Crippen LogP contribution in [0.1, 0.15) is 23.0 Å². The first-order chi connectivity index (χ1) is 11.2. The lowest BCUT2D eigenvalue weighted by molar-refractivity contribution is 0.0615. The average Bonchev–Trinajstić information content (AvgIpc) is 3.05. The summed E-state index contributed by atoms with van der Waals surface area (Å²) in [6.07, 6.45) is 1.66. The van der Waals surface area contributed by atoms with Gasteiger partial charge in [-0.05, 0) is 19.1 Å². The van der Waals surface area contributed by atoms with Crippen molar-refractivity contribution < 1.29 is 9.18 Å². The lowest BCUT2D eigenvalue weighted by Crippen LogP contribution is -2.48. The number of hydrogen-bond donors (Lipinski definition) is 0. The van der Waals surface area contributed by atoms with Crippen molar-refractivity contribution in [3.8, 4) is 0 Å². The number of amides is 1. The van der Waals surface area contributed by atoms with E-state index in [4.69, 9.17) is 0 Å². The van der Waals surface area contributed by atoms with Gasteiger partial charge in [-0.1, -0.05) is 18.2 Å². The van der Waals surface area contributed by atoms with E-state index in [9.17, 15) is 9.18 Å². The summed E-state index contributed by atoms with van der Waals surface area (Å²) in [5.41, 5.74) is 1.34. The predicted octanol–water partition coefficient (Wildman–Crippen LogP) is 2.00. The Morgan fingerprint density at radius 1 is 1.17 bits per heavy atom. The lowest BCUT2D eigenvalue weighted by atomic mass is 10.2. The van der Waals surface area contributed by atoms with Crippen LogP contribution in [0.4, 0.5) is 4.39 Å². The van der Waals surface area contributed by atoms with E-state index in [1.807, 2.05) is 24.0 Å². The molecule has 1 aromatic carbocycles. The highest BCUT2D eigenvalue weighted by molar-refractivity contribution is 5.92. The SMILES string of the molecule is CCn1nccc1C(=O)N1CCN(Cc2ccccc2F)CC1. The lowest BCUT2D eigenvalue weighted by Gasteiger charge is -2.34. The summed E-state index contributed by atoms with van der Waals surface area (Å²) in [4.78, 5) is 16.6. The maximum atomic E-state index is 13.7. The molecule has 1 amide bonds. The number of carbonyl (C=O) groups is 1. The molecule has 1 saturated heterocycles. The van der Waals surface area contributed by atoms with Crippen molar-refractivity contribution in [2.24, 2.45) is 0 Å². The van der Waals surface area contributed by atoms with Crippen LogP contribution in [0.3, 0.4) is 0 Å². The van der Waals surface area contributed by atoms with Crippen LogP contribution in [-0.4, -0.2) is 51.7 Å². The fourth-order valence-electron chi connectivity index (χ4n) is 2.90. The monoisotopic (exact) mass is 316 g/mol. The Labute approximate surface area is 135 Å². The highest BCUT2D eigenvalue weighted by Gasteiger charge is 2.24. The molecule has 0 radical (unpaired) electrons. The Morgan fingerprint density at radius 3 is 2.61 bits per heavy atom. The molecule has 3 rings (SSSR count). The Balaban J connectivity index is 1.58. The molecule has 0 spiro atoms. The minimum absolute atomic E-state index is 0.0230. The van der Waals surface area contributed by atoms with Crippen molar-refractivity contribution >= 4 is 5.91 Å². The van der Waals surface area contributed by atoms with Gasteiger partial charge in [0.1, 0.15) is 11.5 Å². The van der Waals surface area contributed by atoms with E-state index < -0.39 is 0 Å². The van der Waals surface area contributed by atoms with E-state index in [0.717, 1.165) is 13.1 Å². The zero-order valence-corrected chi connectivity index (χ0v) is 13.3. The highest BCUT2D eigenvalue weighted by atomic mass is 19.1. The molecular formula is C17H21FN4O. The molecule has 1 aromatic heterocycles. The van der Waals surface area contributed by atoms with Gasteiger partial charge in [0.05, 0.1) is 0 Å². The topological polar surface area (TPSA) is 41.4 Å². The largest absolute Gasteiger partial charge is 0.335 e. The molecule has 0 bridgehead atoms. The molecule has 5 nitrogen and oxygen atoms in total. The van der Waals surface area contributed by atoms with Crippen LogP contribution < -0.4 is 0 Å². The van der Waals surface area contributed by atoms with Crippen molar-refractivity contribution in [3.05, 3.63) is 53.6 Å². The molecule has 0 unspecified atom stereocenters. The van der Waals surface area contributed by atoms with Gasteiger partial charge in [-0.3, -0.25) is 14.4 Å². The van der Waals surface area contributed by atoms with Gasteiger partial charge in [-0.25, -0.2) is 4.39 Å². The van der Waals surface area contributed by atoms with Crippen LogP contribution in [0, 0.1) is 5.82 Å². The number of carbonyl (C=O) groups excluding carboxylic acids is 1. The van der Waals surface area contributed by atoms with Crippen molar-refractivity contribution in [1.29, 1.82) is 0 Å². The second-order valence-corrected chi connectivity index (χ2v) is 5.69. The molecule has 1 aliphatic heterocycles. The molecule has 1 fully saturated rings. The van der Waals surface area contributed by atoms with E-state index in [1.54, 1.807) is 23.0 Å². The molecule has 6 heteroatoms. The van der Waals surface area contributed by atoms with Gasteiger partial charge in [-0.15, -0.1) is 0 Å². The first kappa shape index (κ1) is 15.7. The number of aryl methyl sites for hydroxylation is 1. The maximum absolute atomic E-state index is 13.7. The summed E-state index contributed by atoms with van der Waals surface area (Å²) in [6.45, 7) is 6.05. The third kappa shape index (κ3) is 3.42. The van der Waals surface area contributed by atoms with E-state index in [2.05, 4.69) is 10.00 Å². The molecular weight excluding hydrogens is 295 g/mol. The molecule has 23 heavy (non-hydrogen) atoms. The quantitative estimate of drug-likeness (QED) is 0.866. The molecule has 0 saturated carbocycles. The number of hydrogen-bond acceptors (Lipinski definition) is 3. The van der Waals surface area contributed by atoms with Crippen LogP contribution in [-0.2, 0) is 13.1 Å². The zero-order valence-electron chi connectivity index (χ0n) is 13.3. The standard InChI is InChI=1S/C17H21FN4O/c1-2-22-16(7-8-19-22)17(23)21-11-9-20(10-12-21)13-14-5-3-4-6-15(14)18/h3-8H,2,9-13H2,1H3. The summed E-state index contributed by atoms with van der Waals surface area (Å²) < 4.78 is 15.4. The number of benzene rings is 1. The summed E-state index contributed by atoms with van der Waals surface area (Å²) in [7, 11) is 0. The van der Waals surface area contributed by atoms with Crippen LogP contribution in [0.25, 0.3) is 0 Å². The number of nitrogens with zero attached hydrogens (tertiary/aromatic N) is 4. The van der Waals surface area contributed by atoms with Crippen molar-refractivity contribution in [2.75, 3.05) is 26.2 Å². The number of halogens is 1. The average molecular weight is 316 g/mol. The summed E-state index contributed by atoms with van der Waals surface area (Å²) >= 11 is 0. The zero-order chi connectivity index (χ0) is 16.2. The second-order valence-electron chi connectivity index (χ2n) is 5.69. The van der Waals surface area contributed by atoms with Crippen molar-refractivity contribution in [1.82, 2.24) is 19.6 Å². The van der Waals surface area contributed by atoms with Crippen LogP contribution in [0.15, 0.2) is 36.5 Å². The smallest absolute Gasteiger partial charge is 0.272 e. The predicted molar refractivity (Wildman–Crippen MR) is 85.5 cm³/mol. The van der Waals surface area contributed by atoms with Gasteiger partial charge in [-0.2, -0.15) is 5.10 Å². The number of piperazine rings is 1. The Hall–Kier alpha value is -2.21. The van der Waals surface area contributed by atoms with Crippen molar-refractivity contribution in [3.63, 3.8) is 0 Å². The van der Waals surface area contributed by atoms with Gasteiger partial charge in [0, 0.05) is 51.0 Å². The van der Waals surface area contributed by atoms with Crippen LogP contribution in [0.5, 0.6) is 0 Å². The molecule has 122 valence electrons. The minimum Gasteiger partial charge on any atom is -0.335 e. The fourth-order valence-corrected chi connectivity index (χ4v) is 2.90. The van der Waals surface area contributed by atoms with E-state index in [1.165, 1.54) is 6.07 Å². The molecule has 0 N–H and O–H groups in total. The van der Waals surface area contributed by atoms with E-state index in [0.29, 0.717) is 37.4 Å². The second kappa shape index (κ2) is 6.91. The van der Waals surface area contributed by atoms with E-state index >= 15 is 0 Å². The summed E-state index contributed by atoms with van der Waals surface area (Å²) in [5, 5.41) is 4.15. The van der Waals surface area contributed by atoms with Gasteiger partial charge in [0.2, 0.25) is 0 Å². The number of rotatable bonds is 4. The van der Waals surface area contributed by atoms with Gasteiger partial charge in [0.15, 0.2) is 0 Å². The molecule has 0 aliphatic carbocycles. The third-order valence-corrected chi connectivity index (χ3v) is 4.25. The van der Waals surface area contributed by atoms with Gasteiger partial charge < -0.3 is 4.90 Å². The molecule has 0 atom stereocenters. The summed E-state index contributed by atoms with van der Waals surface area (Å²) in [6, 6.07) is 8.61. The van der Waals surface area contributed by atoms with Crippen LogP contribution in [0.2, 0.25) is 0 Å². The minimum atomic E-state index is -0.169. The molecule has 2 aromatic rings. The first-order valence-corrected chi connectivity index (χ1v) is 7.96. The third-order valence-electron chi connectivity index (χ3n) is 4.25. The fraction of sp³-hybridized carbons (Fsp3) is 0.412. The normalized spacial score (nSPS) is 15.8. The summed E-state index contributed by atoms with van der Waals surface area (Å²) in [5.74, 6) is -0.146. The van der Waals surface area contributed by atoms with E-state index in [-0.39, 0.29) is 11.7 Å². The van der Waals surface area contributed by atoms with Gasteiger partial charge in [0.25, 0.3) is 5.91 Å². The number of aromatic nitrogens is 2. The Bertz CT molecular complexity index is 677.